The molecule has 0 aliphatic rings. The molecule has 3 aromatic rings. The number of tetrazole rings is 1. The predicted octanol–water partition coefficient (Wildman–Crippen LogP) is 1.39. The SMILES string of the molecule is COc1ccc(NC(=O)Cn2nnc(-c3ccncc3)n2)c(OC)c1. The molecule has 1 amide bonds. The summed E-state index contributed by atoms with van der Waals surface area (Å²) in [6.45, 7) is -0.0761. The Bertz CT molecular complexity index is 865. The first-order valence-electron chi connectivity index (χ1n) is 7.39. The minimum atomic E-state index is -0.304. The van der Waals surface area contributed by atoms with E-state index in [9.17, 15) is 4.79 Å². The number of hydrogen-bond acceptors (Lipinski definition) is 7. The summed E-state index contributed by atoms with van der Waals surface area (Å²) < 4.78 is 10.4. The minimum absolute atomic E-state index is 0.0761. The zero-order valence-corrected chi connectivity index (χ0v) is 13.7. The summed E-state index contributed by atoms with van der Waals surface area (Å²) in [5.74, 6) is 1.26. The van der Waals surface area contributed by atoms with Crippen LogP contribution in [0.4, 0.5) is 5.69 Å². The summed E-state index contributed by atoms with van der Waals surface area (Å²) in [6, 6.07) is 8.65. The fourth-order valence-electron chi connectivity index (χ4n) is 2.15. The van der Waals surface area contributed by atoms with Crippen LogP contribution < -0.4 is 14.8 Å². The number of nitrogens with one attached hydrogen (secondary N) is 1. The fraction of sp³-hybridized carbons (Fsp3) is 0.188. The minimum Gasteiger partial charge on any atom is -0.497 e. The molecular weight excluding hydrogens is 324 g/mol. The number of amides is 1. The zero-order valence-electron chi connectivity index (χ0n) is 13.7. The van der Waals surface area contributed by atoms with Crippen molar-refractivity contribution >= 4 is 11.6 Å². The molecule has 128 valence electrons. The van der Waals surface area contributed by atoms with E-state index in [-0.39, 0.29) is 12.5 Å². The molecule has 0 spiro atoms. The Kier molecular flexibility index (Phi) is 4.84. The van der Waals surface area contributed by atoms with Gasteiger partial charge in [-0.3, -0.25) is 9.78 Å². The third-order valence-corrected chi connectivity index (χ3v) is 3.36. The van der Waals surface area contributed by atoms with Crippen LogP contribution in [-0.2, 0) is 11.3 Å². The maximum Gasteiger partial charge on any atom is 0.248 e. The van der Waals surface area contributed by atoms with Crippen molar-refractivity contribution in [2.24, 2.45) is 0 Å². The highest BCUT2D eigenvalue weighted by molar-refractivity contribution is 5.92. The highest BCUT2D eigenvalue weighted by Crippen LogP contribution is 2.28. The van der Waals surface area contributed by atoms with Crippen LogP contribution in [-0.4, -0.2) is 45.3 Å². The maximum atomic E-state index is 12.2. The normalized spacial score (nSPS) is 10.3. The van der Waals surface area contributed by atoms with Gasteiger partial charge >= 0.3 is 0 Å². The maximum absolute atomic E-state index is 12.2. The lowest BCUT2D eigenvalue weighted by atomic mass is 10.2. The number of carbonyl (C=O) groups excluding carboxylic acids is 1. The van der Waals surface area contributed by atoms with Crippen LogP contribution in [0.1, 0.15) is 0 Å². The second-order valence-electron chi connectivity index (χ2n) is 4.99. The lowest BCUT2D eigenvalue weighted by molar-refractivity contribution is -0.117. The molecule has 0 bridgehead atoms. The lowest BCUT2D eigenvalue weighted by Gasteiger charge is -2.11. The molecule has 0 aliphatic carbocycles. The first-order chi connectivity index (χ1) is 12.2. The van der Waals surface area contributed by atoms with Crippen LogP contribution >= 0.6 is 0 Å². The Morgan fingerprint density at radius 1 is 1.16 bits per heavy atom. The van der Waals surface area contributed by atoms with Crippen molar-refractivity contribution in [1.29, 1.82) is 0 Å². The number of methoxy groups -OCH3 is 2. The van der Waals surface area contributed by atoms with Crippen LogP contribution in [0.3, 0.4) is 0 Å². The number of aromatic nitrogens is 5. The Balaban J connectivity index is 1.68. The van der Waals surface area contributed by atoms with Crippen LogP contribution in [0.5, 0.6) is 11.5 Å². The molecule has 0 saturated carbocycles. The van der Waals surface area contributed by atoms with Crippen molar-refractivity contribution in [1.82, 2.24) is 25.2 Å². The van der Waals surface area contributed by atoms with Crippen LogP contribution in [0.25, 0.3) is 11.4 Å². The highest BCUT2D eigenvalue weighted by atomic mass is 16.5. The number of ether oxygens (including phenoxy) is 2. The summed E-state index contributed by atoms with van der Waals surface area (Å²) in [5, 5.41) is 14.8. The molecule has 2 aromatic heterocycles. The van der Waals surface area contributed by atoms with Gasteiger partial charge in [-0.15, -0.1) is 10.2 Å². The van der Waals surface area contributed by atoms with Gasteiger partial charge in [0.2, 0.25) is 11.7 Å². The summed E-state index contributed by atoms with van der Waals surface area (Å²) in [6.07, 6.45) is 3.28. The summed E-state index contributed by atoms with van der Waals surface area (Å²) >= 11 is 0. The molecule has 2 heterocycles. The van der Waals surface area contributed by atoms with E-state index < -0.39 is 0 Å². The number of pyridine rings is 1. The van der Waals surface area contributed by atoms with Gasteiger partial charge in [0, 0.05) is 24.0 Å². The lowest BCUT2D eigenvalue weighted by Crippen LogP contribution is -2.20. The number of rotatable bonds is 6. The van der Waals surface area contributed by atoms with Crippen LogP contribution in [0.2, 0.25) is 0 Å². The monoisotopic (exact) mass is 340 g/mol. The van der Waals surface area contributed by atoms with Gasteiger partial charge in [0.15, 0.2) is 0 Å². The standard InChI is InChI=1S/C16H16N6O3/c1-24-12-3-4-13(14(9-12)25-2)18-15(23)10-22-20-16(19-21-22)11-5-7-17-8-6-11/h3-9H,10H2,1-2H3,(H,18,23). The van der Waals surface area contributed by atoms with Gasteiger partial charge in [-0.05, 0) is 29.5 Å². The van der Waals surface area contributed by atoms with E-state index in [4.69, 9.17) is 9.47 Å². The molecule has 9 nitrogen and oxygen atoms in total. The van der Waals surface area contributed by atoms with E-state index in [0.717, 1.165) is 5.56 Å². The molecule has 0 saturated heterocycles. The van der Waals surface area contributed by atoms with Crippen molar-refractivity contribution < 1.29 is 14.3 Å². The first kappa shape index (κ1) is 16.4. The largest absolute Gasteiger partial charge is 0.497 e. The Hall–Kier alpha value is -3.49. The Morgan fingerprint density at radius 3 is 2.68 bits per heavy atom. The van der Waals surface area contributed by atoms with Gasteiger partial charge in [0.1, 0.15) is 18.0 Å². The van der Waals surface area contributed by atoms with Crippen molar-refractivity contribution in [3.63, 3.8) is 0 Å². The zero-order chi connectivity index (χ0) is 17.6. The topological polar surface area (TPSA) is 104 Å². The van der Waals surface area contributed by atoms with E-state index in [1.165, 1.54) is 11.9 Å². The second-order valence-corrected chi connectivity index (χ2v) is 4.99. The van der Waals surface area contributed by atoms with Crippen molar-refractivity contribution in [2.45, 2.75) is 6.54 Å². The number of carbonyl (C=O) groups is 1. The highest BCUT2D eigenvalue weighted by Gasteiger charge is 2.12. The van der Waals surface area contributed by atoms with Gasteiger partial charge in [0.25, 0.3) is 0 Å². The summed E-state index contributed by atoms with van der Waals surface area (Å²) in [7, 11) is 3.08. The number of hydrogen-bond donors (Lipinski definition) is 1. The van der Waals surface area contributed by atoms with Gasteiger partial charge in [-0.25, -0.2) is 0 Å². The third kappa shape index (κ3) is 3.89. The third-order valence-electron chi connectivity index (χ3n) is 3.36. The van der Waals surface area contributed by atoms with E-state index in [1.807, 2.05) is 0 Å². The van der Waals surface area contributed by atoms with Gasteiger partial charge in [-0.1, -0.05) is 0 Å². The molecule has 0 aliphatic heterocycles. The van der Waals surface area contributed by atoms with Gasteiger partial charge in [0.05, 0.1) is 19.9 Å². The van der Waals surface area contributed by atoms with Crippen molar-refractivity contribution in [3.8, 4) is 22.9 Å². The fourth-order valence-corrected chi connectivity index (χ4v) is 2.15. The van der Waals surface area contributed by atoms with E-state index in [0.29, 0.717) is 23.0 Å². The summed E-state index contributed by atoms with van der Waals surface area (Å²) in [4.78, 5) is 17.4. The molecule has 0 unspecified atom stereocenters. The van der Waals surface area contributed by atoms with E-state index in [1.54, 1.807) is 49.8 Å². The molecular formula is C16H16N6O3. The molecule has 0 radical (unpaired) electrons. The average molecular weight is 340 g/mol. The number of benzene rings is 1. The number of nitrogens with zero attached hydrogens (tertiary/aromatic N) is 5. The predicted molar refractivity (Wildman–Crippen MR) is 89.2 cm³/mol. The molecule has 9 heteroatoms. The van der Waals surface area contributed by atoms with Gasteiger partial charge in [-0.2, -0.15) is 4.80 Å². The first-order valence-corrected chi connectivity index (χ1v) is 7.39. The number of anilines is 1. The quantitative estimate of drug-likeness (QED) is 0.723. The van der Waals surface area contributed by atoms with E-state index in [2.05, 4.69) is 25.7 Å². The summed E-state index contributed by atoms with van der Waals surface area (Å²) in [5.41, 5.74) is 1.31. The van der Waals surface area contributed by atoms with Gasteiger partial charge < -0.3 is 14.8 Å². The molecule has 25 heavy (non-hydrogen) atoms. The van der Waals surface area contributed by atoms with Crippen LogP contribution in [0, 0.1) is 0 Å². The smallest absolute Gasteiger partial charge is 0.248 e. The molecule has 1 N–H and O–H groups in total. The second kappa shape index (κ2) is 7.39. The van der Waals surface area contributed by atoms with Crippen LogP contribution in [0.15, 0.2) is 42.7 Å². The van der Waals surface area contributed by atoms with Crippen molar-refractivity contribution in [2.75, 3.05) is 19.5 Å². The molecule has 3 rings (SSSR count). The van der Waals surface area contributed by atoms with Crippen molar-refractivity contribution in [3.05, 3.63) is 42.7 Å². The average Bonchev–Trinajstić information content (AvgIpc) is 3.11. The molecule has 1 aromatic carbocycles. The van der Waals surface area contributed by atoms with E-state index >= 15 is 0 Å². The molecule has 0 atom stereocenters. The Labute approximate surface area is 143 Å². The molecule has 0 fully saturated rings. The Morgan fingerprint density at radius 2 is 1.96 bits per heavy atom.